The minimum Gasteiger partial charge on any atom is -0.367 e. The van der Waals surface area contributed by atoms with E-state index in [4.69, 9.17) is 11.6 Å². The molecule has 9 heteroatoms. The first kappa shape index (κ1) is 22.4. The second-order valence-corrected chi connectivity index (χ2v) is 9.44. The maximum atomic E-state index is 11.7. The van der Waals surface area contributed by atoms with E-state index >= 15 is 0 Å². The van der Waals surface area contributed by atoms with Crippen LogP contribution in [0.5, 0.6) is 0 Å². The molecule has 0 amide bonds. The number of para-hydroxylation sites is 1. The molecule has 0 unspecified atom stereocenters. The van der Waals surface area contributed by atoms with Crippen LogP contribution in [0.2, 0.25) is 5.02 Å². The van der Waals surface area contributed by atoms with E-state index in [1.807, 2.05) is 42.5 Å². The van der Waals surface area contributed by atoms with Crippen molar-refractivity contribution in [1.29, 1.82) is 0 Å². The zero-order valence-electron chi connectivity index (χ0n) is 17.3. The summed E-state index contributed by atoms with van der Waals surface area (Å²) in [6.45, 7) is 4.08. The quantitative estimate of drug-likeness (QED) is 0.522. The summed E-state index contributed by atoms with van der Waals surface area (Å²) in [7, 11) is -0.0503. The third-order valence-corrected chi connectivity index (χ3v) is 6.78. The van der Waals surface area contributed by atoms with Crippen molar-refractivity contribution in [1.82, 2.24) is 14.9 Å². The lowest BCUT2D eigenvalue weighted by atomic mass is 10.1. The van der Waals surface area contributed by atoms with Gasteiger partial charge in [-0.1, -0.05) is 48.0 Å². The van der Waals surface area contributed by atoms with Gasteiger partial charge in [0.2, 0.25) is 10.0 Å². The van der Waals surface area contributed by atoms with E-state index in [1.165, 1.54) is 7.05 Å². The summed E-state index contributed by atoms with van der Waals surface area (Å²) >= 11 is 6.33. The number of hydrogen-bond acceptors (Lipinski definition) is 4. The van der Waals surface area contributed by atoms with Crippen LogP contribution in [0, 0.1) is 0 Å². The van der Waals surface area contributed by atoms with Gasteiger partial charge in [0.15, 0.2) is 5.96 Å². The fourth-order valence-electron chi connectivity index (χ4n) is 3.43. The van der Waals surface area contributed by atoms with E-state index < -0.39 is 10.0 Å². The molecule has 1 aliphatic rings. The number of halogens is 1. The third kappa shape index (κ3) is 5.87. The third-order valence-electron chi connectivity index (χ3n) is 5.13. The number of rotatable bonds is 6. The molecule has 0 atom stereocenters. The average Bonchev–Trinajstić information content (AvgIpc) is 2.76. The molecule has 162 valence electrons. The fraction of sp³-hybridized carbons (Fsp3) is 0.381. The van der Waals surface area contributed by atoms with E-state index in [9.17, 15) is 8.42 Å². The van der Waals surface area contributed by atoms with Crippen LogP contribution in [0.3, 0.4) is 0 Å². The van der Waals surface area contributed by atoms with Gasteiger partial charge in [0.1, 0.15) is 0 Å². The van der Waals surface area contributed by atoms with Crippen molar-refractivity contribution >= 4 is 33.3 Å². The monoisotopic (exact) mass is 449 g/mol. The second kappa shape index (κ2) is 10.1. The zero-order chi connectivity index (χ0) is 21.6. The van der Waals surface area contributed by atoms with Gasteiger partial charge in [0, 0.05) is 39.8 Å². The van der Waals surface area contributed by atoms with Crippen LogP contribution < -0.4 is 14.9 Å². The minimum atomic E-state index is -3.26. The number of benzene rings is 2. The van der Waals surface area contributed by atoms with E-state index in [2.05, 4.69) is 30.9 Å². The summed E-state index contributed by atoms with van der Waals surface area (Å²) in [5, 5.41) is 4.18. The van der Waals surface area contributed by atoms with Crippen LogP contribution in [0.1, 0.15) is 11.1 Å². The summed E-state index contributed by atoms with van der Waals surface area (Å²) < 4.78 is 25.7. The highest BCUT2D eigenvalue weighted by Crippen LogP contribution is 2.26. The molecule has 2 aromatic rings. The largest absolute Gasteiger partial charge is 0.367 e. The Labute approximate surface area is 183 Å². The number of aliphatic imine (C=N–C) groups is 1. The van der Waals surface area contributed by atoms with Gasteiger partial charge in [-0.25, -0.2) is 13.1 Å². The Balaban J connectivity index is 1.52. The van der Waals surface area contributed by atoms with Crippen LogP contribution in [0.15, 0.2) is 53.5 Å². The zero-order valence-corrected chi connectivity index (χ0v) is 18.9. The molecule has 0 saturated carbocycles. The molecular formula is C21H28ClN5O2S. The summed E-state index contributed by atoms with van der Waals surface area (Å²) in [4.78, 5) is 8.95. The standard InChI is InChI=1S/C21H28ClN5O2S/c1-23-21(25-15-17-7-9-18(10-8-17)16-30(28,29)24-2)27-13-11-26(12-14-27)20-6-4-3-5-19(20)22/h3-10,24H,11-16H2,1-2H3,(H,23,25). The van der Waals surface area contributed by atoms with E-state index in [1.54, 1.807) is 7.05 Å². The Morgan fingerprint density at radius 3 is 2.27 bits per heavy atom. The van der Waals surface area contributed by atoms with Gasteiger partial charge >= 0.3 is 0 Å². The smallest absolute Gasteiger partial charge is 0.215 e. The molecule has 1 heterocycles. The Morgan fingerprint density at radius 1 is 1.03 bits per heavy atom. The number of nitrogens with zero attached hydrogens (tertiary/aromatic N) is 3. The van der Waals surface area contributed by atoms with Gasteiger partial charge in [-0.2, -0.15) is 0 Å². The molecule has 7 nitrogen and oxygen atoms in total. The summed E-state index contributed by atoms with van der Waals surface area (Å²) in [6, 6.07) is 15.5. The topological polar surface area (TPSA) is 77.0 Å². The van der Waals surface area contributed by atoms with Gasteiger partial charge in [-0.15, -0.1) is 0 Å². The fourth-order valence-corrected chi connectivity index (χ4v) is 4.46. The Kier molecular flexibility index (Phi) is 7.58. The molecule has 1 fully saturated rings. The maximum absolute atomic E-state index is 11.7. The summed E-state index contributed by atoms with van der Waals surface area (Å²) in [5.74, 6) is 0.838. The lowest BCUT2D eigenvalue weighted by Gasteiger charge is -2.38. The molecule has 0 spiro atoms. The van der Waals surface area contributed by atoms with Crippen molar-refractivity contribution in [3.8, 4) is 0 Å². The molecule has 0 bridgehead atoms. The van der Waals surface area contributed by atoms with E-state index in [-0.39, 0.29) is 5.75 Å². The Morgan fingerprint density at radius 2 is 1.67 bits per heavy atom. The van der Waals surface area contributed by atoms with Crippen molar-refractivity contribution in [2.24, 2.45) is 4.99 Å². The number of hydrogen-bond donors (Lipinski definition) is 2. The second-order valence-electron chi connectivity index (χ2n) is 7.11. The molecule has 0 aromatic heterocycles. The predicted molar refractivity (Wildman–Crippen MR) is 124 cm³/mol. The highest BCUT2D eigenvalue weighted by molar-refractivity contribution is 7.88. The van der Waals surface area contributed by atoms with Crippen molar-refractivity contribution in [2.75, 3.05) is 45.2 Å². The van der Waals surface area contributed by atoms with Crippen molar-refractivity contribution < 1.29 is 8.42 Å². The minimum absolute atomic E-state index is 0.0193. The van der Waals surface area contributed by atoms with Crippen LogP contribution >= 0.6 is 11.6 Å². The number of guanidine groups is 1. The lowest BCUT2D eigenvalue weighted by Crippen LogP contribution is -2.52. The molecule has 1 aliphatic heterocycles. The number of nitrogens with one attached hydrogen (secondary N) is 2. The first-order valence-electron chi connectivity index (χ1n) is 9.86. The lowest BCUT2D eigenvalue weighted by molar-refractivity contribution is 0.372. The van der Waals surface area contributed by atoms with E-state index in [0.29, 0.717) is 6.54 Å². The Hall–Kier alpha value is -2.29. The van der Waals surface area contributed by atoms with Crippen molar-refractivity contribution in [3.63, 3.8) is 0 Å². The average molecular weight is 450 g/mol. The molecule has 1 saturated heterocycles. The molecular weight excluding hydrogens is 422 g/mol. The van der Waals surface area contributed by atoms with Gasteiger partial charge < -0.3 is 15.1 Å². The van der Waals surface area contributed by atoms with Crippen LogP contribution in [-0.2, 0) is 22.3 Å². The van der Waals surface area contributed by atoms with Crippen LogP contribution in [0.4, 0.5) is 5.69 Å². The number of piperazine rings is 1. The highest BCUT2D eigenvalue weighted by Gasteiger charge is 2.21. The molecule has 30 heavy (non-hydrogen) atoms. The molecule has 0 radical (unpaired) electrons. The van der Waals surface area contributed by atoms with Gasteiger partial charge in [-0.3, -0.25) is 4.99 Å². The van der Waals surface area contributed by atoms with E-state index in [0.717, 1.165) is 54.0 Å². The first-order chi connectivity index (χ1) is 14.4. The SMILES string of the molecule is CN=C(NCc1ccc(CS(=O)(=O)NC)cc1)N1CCN(c2ccccc2Cl)CC1. The van der Waals surface area contributed by atoms with Gasteiger partial charge in [0.05, 0.1) is 16.5 Å². The highest BCUT2D eigenvalue weighted by atomic mass is 35.5. The van der Waals surface area contributed by atoms with Crippen molar-refractivity contribution in [3.05, 3.63) is 64.7 Å². The van der Waals surface area contributed by atoms with Crippen molar-refractivity contribution in [2.45, 2.75) is 12.3 Å². The summed E-state index contributed by atoms with van der Waals surface area (Å²) in [5.41, 5.74) is 2.90. The molecule has 2 N–H and O–H groups in total. The molecule has 2 aromatic carbocycles. The normalized spacial score (nSPS) is 15.4. The summed E-state index contributed by atoms with van der Waals surface area (Å²) in [6.07, 6.45) is 0. The first-order valence-corrected chi connectivity index (χ1v) is 11.9. The van der Waals surface area contributed by atoms with Crippen LogP contribution in [-0.4, -0.2) is 59.6 Å². The number of anilines is 1. The number of sulfonamides is 1. The van der Waals surface area contributed by atoms with Gasteiger partial charge in [0.25, 0.3) is 0 Å². The molecule has 0 aliphatic carbocycles. The Bertz CT molecular complexity index is 971. The predicted octanol–water partition coefficient (Wildman–Crippen LogP) is 2.29. The van der Waals surface area contributed by atoms with Gasteiger partial charge in [-0.05, 0) is 30.3 Å². The molecule has 3 rings (SSSR count). The maximum Gasteiger partial charge on any atom is 0.215 e. The van der Waals surface area contributed by atoms with Crippen LogP contribution in [0.25, 0.3) is 0 Å².